The van der Waals surface area contributed by atoms with Gasteiger partial charge in [-0.25, -0.2) is 8.78 Å². The van der Waals surface area contributed by atoms with E-state index in [2.05, 4.69) is 5.32 Å². The fraction of sp³-hybridized carbons (Fsp3) is 0.533. The van der Waals surface area contributed by atoms with Crippen molar-refractivity contribution < 1.29 is 13.6 Å². The highest BCUT2D eigenvalue weighted by molar-refractivity contribution is 5.77. The lowest BCUT2D eigenvalue weighted by atomic mass is 9.84. The van der Waals surface area contributed by atoms with Crippen LogP contribution < -0.4 is 11.1 Å². The van der Waals surface area contributed by atoms with Gasteiger partial charge in [-0.3, -0.25) is 4.79 Å². The molecule has 0 saturated heterocycles. The number of benzene rings is 1. The number of carbonyl (C=O) groups excluding carboxylic acids is 1. The van der Waals surface area contributed by atoms with Gasteiger partial charge in [0.2, 0.25) is 5.91 Å². The van der Waals surface area contributed by atoms with E-state index >= 15 is 0 Å². The molecule has 5 heteroatoms. The quantitative estimate of drug-likeness (QED) is 0.869. The minimum absolute atomic E-state index is 0.103. The second-order valence-electron chi connectivity index (χ2n) is 5.35. The Bertz CT molecular complexity index is 479. The van der Waals surface area contributed by atoms with Crippen LogP contribution in [-0.4, -0.2) is 18.5 Å². The summed E-state index contributed by atoms with van der Waals surface area (Å²) >= 11 is 0. The topological polar surface area (TPSA) is 55.1 Å². The Labute approximate surface area is 117 Å². The van der Waals surface area contributed by atoms with E-state index < -0.39 is 11.6 Å². The molecule has 1 amide bonds. The first-order valence-electron chi connectivity index (χ1n) is 7.04. The van der Waals surface area contributed by atoms with E-state index in [1.165, 1.54) is 6.07 Å². The van der Waals surface area contributed by atoms with Gasteiger partial charge >= 0.3 is 0 Å². The van der Waals surface area contributed by atoms with E-state index in [9.17, 15) is 13.6 Å². The Balaban J connectivity index is 1.85. The molecule has 0 radical (unpaired) electrons. The number of hydrogen-bond donors (Lipinski definition) is 2. The standard InChI is InChI=1S/C15H20F2N2O/c16-12-6-5-10(9-13(12)17)7-8-19-14-4-2-1-3-11(14)15(18)20/h5-6,9,11,14,19H,1-4,7-8H2,(H2,18,20)/t11-,14+/m0/s1. The highest BCUT2D eigenvalue weighted by Gasteiger charge is 2.28. The fourth-order valence-corrected chi connectivity index (χ4v) is 2.81. The second kappa shape index (κ2) is 6.79. The molecule has 0 spiro atoms. The van der Waals surface area contributed by atoms with E-state index in [-0.39, 0.29) is 17.9 Å². The molecule has 1 aliphatic rings. The smallest absolute Gasteiger partial charge is 0.222 e. The van der Waals surface area contributed by atoms with Crippen molar-refractivity contribution in [2.45, 2.75) is 38.1 Å². The first kappa shape index (κ1) is 14.9. The number of nitrogens with two attached hydrogens (primary N) is 1. The van der Waals surface area contributed by atoms with E-state index in [1.807, 2.05) is 0 Å². The number of hydrogen-bond acceptors (Lipinski definition) is 2. The molecule has 2 rings (SSSR count). The van der Waals surface area contributed by atoms with Crippen molar-refractivity contribution in [1.82, 2.24) is 5.32 Å². The SMILES string of the molecule is NC(=O)[C@H]1CCCC[C@H]1NCCc1ccc(F)c(F)c1. The minimum atomic E-state index is -0.831. The predicted molar refractivity (Wildman–Crippen MR) is 73.0 cm³/mol. The van der Waals surface area contributed by atoms with Crippen molar-refractivity contribution in [3.05, 3.63) is 35.4 Å². The first-order chi connectivity index (χ1) is 9.58. The summed E-state index contributed by atoms with van der Waals surface area (Å²) in [5.41, 5.74) is 6.15. The van der Waals surface area contributed by atoms with Crippen molar-refractivity contribution in [3.63, 3.8) is 0 Å². The van der Waals surface area contributed by atoms with Gasteiger partial charge in [-0.15, -0.1) is 0 Å². The number of halogens is 2. The fourth-order valence-electron chi connectivity index (χ4n) is 2.81. The van der Waals surface area contributed by atoms with Gasteiger partial charge in [0.05, 0.1) is 5.92 Å². The lowest BCUT2D eigenvalue weighted by Gasteiger charge is -2.30. The van der Waals surface area contributed by atoms with Crippen LogP contribution in [0.5, 0.6) is 0 Å². The molecule has 2 atom stereocenters. The van der Waals surface area contributed by atoms with Crippen molar-refractivity contribution in [2.24, 2.45) is 11.7 Å². The molecule has 0 unspecified atom stereocenters. The molecule has 1 saturated carbocycles. The van der Waals surface area contributed by atoms with Crippen LogP contribution in [0.2, 0.25) is 0 Å². The Morgan fingerprint density at radius 1 is 1.25 bits per heavy atom. The summed E-state index contributed by atoms with van der Waals surface area (Å²) < 4.78 is 25.9. The van der Waals surface area contributed by atoms with Crippen LogP contribution in [0.4, 0.5) is 8.78 Å². The van der Waals surface area contributed by atoms with Crippen molar-refractivity contribution in [3.8, 4) is 0 Å². The molecular formula is C15H20F2N2O. The summed E-state index contributed by atoms with van der Waals surface area (Å²) in [6, 6.07) is 4.03. The average Bonchev–Trinajstić information content (AvgIpc) is 2.43. The summed E-state index contributed by atoms with van der Waals surface area (Å²) in [6.07, 6.45) is 4.49. The van der Waals surface area contributed by atoms with Crippen LogP contribution in [0.1, 0.15) is 31.2 Å². The Morgan fingerprint density at radius 2 is 2.00 bits per heavy atom. The maximum Gasteiger partial charge on any atom is 0.222 e. The first-order valence-corrected chi connectivity index (χ1v) is 7.04. The third kappa shape index (κ3) is 3.76. The largest absolute Gasteiger partial charge is 0.369 e. The lowest BCUT2D eigenvalue weighted by molar-refractivity contribution is -0.123. The second-order valence-corrected chi connectivity index (χ2v) is 5.35. The molecular weight excluding hydrogens is 262 g/mol. The Morgan fingerprint density at radius 3 is 2.70 bits per heavy atom. The maximum absolute atomic E-state index is 13.1. The lowest BCUT2D eigenvalue weighted by Crippen LogP contribution is -2.45. The highest BCUT2D eigenvalue weighted by atomic mass is 19.2. The molecule has 0 aliphatic heterocycles. The zero-order chi connectivity index (χ0) is 14.5. The van der Waals surface area contributed by atoms with Gasteiger partial charge in [-0.2, -0.15) is 0 Å². The summed E-state index contributed by atoms with van der Waals surface area (Å²) in [6.45, 7) is 0.625. The maximum atomic E-state index is 13.1. The molecule has 0 aromatic heterocycles. The van der Waals surface area contributed by atoms with E-state index in [0.29, 0.717) is 13.0 Å². The van der Waals surface area contributed by atoms with Gasteiger partial charge in [-0.1, -0.05) is 18.9 Å². The Kier molecular flexibility index (Phi) is 5.06. The van der Waals surface area contributed by atoms with Crippen molar-refractivity contribution in [2.75, 3.05) is 6.54 Å². The van der Waals surface area contributed by atoms with Gasteiger partial charge in [0.15, 0.2) is 11.6 Å². The van der Waals surface area contributed by atoms with E-state index in [0.717, 1.165) is 37.3 Å². The van der Waals surface area contributed by atoms with Gasteiger partial charge in [0.1, 0.15) is 0 Å². The summed E-state index contributed by atoms with van der Waals surface area (Å²) in [5, 5.41) is 3.32. The molecule has 1 aliphatic carbocycles. The minimum Gasteiger partial charge on any atom is -0.369 e. The zero-order valence-electron chi connectivity index (χ0n) is 11.4. The van der Waals surface area contributed by atoms with Crippen molar-refractivity contribution in [1.29, 1.82) is 0 Å². The van der Waals surface area contributed by atoms with Gasteiger partial charge in [0.25, 0.3) is 0 Å². The summed E-state index contributed by atoms with van der Waals surface area (Å²) in [5.74, 6) is -2.03. The van der Waals surface area contributed by atoms with Crippen LogP contribution in [0, 0.1) is 17.6 Å². The number of primary amides is 1. The predicted octanol–water partition coefficient (Wildman–Crippen LogP) is 2.14. The molecule has 0 bridgehead atoms. The number of amides is 1. The highest BCUT2D eigenvalue weighted by Crippen LogP contribution is 2.24. The number of carbonyl (C=O) groups is 1. The van der Waals surface area contributed by atoms with Crippen LogP contribution >= 0.6 is 0 Å². The van der Waals surface area contributed by atoms with Crippen LogP contribution in [0.25, 0.3) is 0 Å². The van der Waals surface area contributed by atoms with Gasteiger partial charge in [0, 0.05) is 6.04 Å². The number of rotatable bonds is 5. The van der Waals surface area contributed by atoms with Crippen LogP contribution in [-0.2, 0) is 11.2 Å². The molecule has 1 fully saturated rings. The van der Waals surface area contributed by atoms with Crippen molar-refractivity contribution >= 4 is 5.91 Å². The molecule has 1 aromatic rings. The summed E-state index contributed by atoms with van der Waals surface area (Å²) in [4.78, 5) is 11.4. The third-order valence-electron chi connectivity index (χ3n) is 3.94. The average molecular weight is 282 g/mol. The zero-order valence-corrected chi connectivity index (χ0v) is 11.4. The Hall–Kier alpha value is -1.49. The molecule has 3 nitrogen and oxygen atoms in total. The van der Waals surface area contributed by atoms with E-state index in [1.54, 1.807) is 6.07 Å². The van der Waals surface area contributed by atoms with Gasteiger partial charge < -0.3 is 11.1 Å². The van der Waals surface area contributed by atoms with Crippen LogP contribution in [0.15, 0.2) is 18.2 Å². The molecule has 1 aromatic carbocycles. The molecule has 0 heterocycles. The normalized spacial score (nSPS) is 22.7. The summed E-state index contributed by atoms with van der Waals surface area (Å²) in [7, 11) is 0. The third-order valence-corrected chi connectivity index (χ3v) is 3.94. The van der Waals surface area contributed by atoms with Crippen LogP contribution in [0.3, 0.4) is 0 Å². The molecule has 110 valence electrons. The monoisotopic (exact) mass is 282 g/mol. The molecule has 20 heavy (non-hydrogen) atoms. The van der Waals surface area contributed by atoms with Gasteiger partial charge in [-0.05, 0) is 43.5 Å². The number of nitrogens with one attached hydrogen (secondary N) is 1. The van der Waals surface area contributed by atoms with E-state index in [4.69, 9.17) is 5.73 Å². The molecule has 3 N–H and O–H groups in total.